The van der Waals surface area contributed by atoms with Gasteiger partial charge < -0.3 is 15.0 Å². The molecular weight excluding hydrogens is 244 g/mol. The second-order valence-electron chi connectivity index (χ2n) is 5.52. The maximum absolute atomic E-state index is 5.54. The van der Waals surface area contributed by atoms with Crippen LogP contribution in [-0.2, 0) is 4.74 Å². The Kier molecular flexibility index (Phi) is 8.31. The quantitative estimate of drug-likeness (QED) is 0.651. The van der Waals surface area contributed by atoms with Crippen molar-refractivity contribution in [3.63, 3.8) is 0 Å². The lowest BCUT2D eigenvalue weighted by Crippen LogP contribution is -2.47. The average Bonchev–Trinajstić information content (AvgIpc) is 2.38. The van der Waals surface area contributed by atoms with Crippen LogP contribution in [0.5, 0.6) is 0 Å². The molecule has 1 aliphatic rings. The van der Waals surface area contributed by atoms with Crippen molar-refractivity contribution in [2.24, 2.45) is 5.41 Å². The molecule has 0 bridgehead atoms. The van der Waals surface area contributed by atoms with Gasteiger partial charge in [0, 0.05) is 38.6 Å². The van der Waals surface area contributed by atoms with Crippen LogP contribution >= 0.6 is 11.8 Å². The first-order valence-corrected chi connectivity index (χ1v) is 8.58. The van der Waals surface area contributed by atoms with Gasteiger partial charge in [-0.15, -0.1) is 0 Å². The fraction of sp³-hybridized carbons (Fsp3) is 1.00. The minimum Gasteiger partial charge on any atom is -0.381 e. The van der Waals surface area contributed by atoms with E-state index in [1.54, 1.807) is 0 Å². The molecule has 0 spiro atoms. The highest BCUT2D eigenvalue weighted by molar-refractivity contribution is 7.98. The molecule has 0 radical (unpaired) electrons. The summed E-state index contributed by atoms with van der Waals surface area (Å²) in [6.45, 7) is 8.78. The molecule has 3 nitrogen and oxygen atoms in total. The molecule has 18 heavy (non-hydrogen) atoms. The Morgan fingerprint density at radius 1 is 1.33 bits per heavy atom. The first kappa shape index (κ1) is 16.3. The highest BCUT2D eigenvalue weighted by atomic mass is 32.2. The molecule has 1 rings (SSSR count). The summed E-state index contributed by atoms with van der Waals surface area (Å²) in [5.41, 5.74) is 0.431. The lowest BCUT2D eigenvalue weighted by Gasteiger charge is -2.40. The van der Waals surface area contributed by atoms with Gasteiger partial charge in [-0.05, 0) is 44.5 Å². The lowest BCUT2D eigenvalue weighted by atomic mass is 9.79. The molecule has 0 aromatic rings. The van der Waals surface area contributed by atoms with Crippen molar-refractivity contribution in [2.75, 3.05) is 58.4 Å². The number of ether oxygens (including phenoxy) is 1. The van der Waals surface area contributed by atoms with Gasteiger partial charge in [0.2, 0.25) is 0 Å². The summed E-state index contributed by atoms with van der Waals surface area (Å²) in [4.78, 5) is 2.50. The van der Waals surface area contributed by atoms with Crippen LogP contribution in [0.25, 0.3) is 0 Å². The molecule has 0 aromatic carbocycles. The smallest absolute Gasteiger partial charge is 0.0472 e. The molecule has 108 valence electrons. The summed E-state index contributed by atoms with van der Waals surface area (Å²) in [7, 11) is 2.26. The topological polar surface area (TPSA) is 24.5 Å². The second kappa shape index (κ2) is 9.18. The molecule has 0 atom stereocenters. The molecule has 1 aliphatic heterocycles. The van der Waals surface area contributed by atoms with Crippen LogP contribution in [0.2, 0.25) is 0 Å². The van der Waals surface area contributed by atoms with Crippen LogP contribution in [-0.4, -0.2) is 63.3 Å². The summed E-state index contributed by atoms with van der Waals surface area (Å²) in [6, 6.07) is 0. The molecule has 1 heterocycles. The van der Waals surface area contributed by atoms with E-state index in [1.165, 1.54) is 38.1 Å². The number of nitrogens with zero attached hydrogens (tertiary/aromatic N) is 1. The fourth-order valence-electron chi connectivity index (χ4n) is 2.62. The third-order valence-corrected chi connectivity index (χ3v) is 4.35. The Balaban J connectivity index is 2.42. The number of hydrogen-bond acceptors (Lipinski definition) is 4. The van der Waals surface area contributed by atoms with E-state index in [1.807, 2.05) is 11.8 Å². The SMILES string of the molecule is CCCNCC1(CN(C)CCSC)CCOCC1. The van der Waals surface area contributed by atoms with Crippen molar-refractivity contribution >= 4 is 11.8 Å². The molecule has 1 N–H and O–H groups in total. The van der Waals surface area contributed by atoms with Gasteiger partial charge in [0.25, 0.3) is 0 Å². The highest BCUT2D eigenvalue weighted by Crippen LogP contribution is 2.30. The van der Waals surface area contributed by atoms with Crippen molar-refractivity contribution < 1.29 is 4.74 Å². The average molecular weight is 274 g/mol. The maximum Gasteiger partial charge on any atom is 0.0472 e. The van der Waals surface area contributed by atoms with E-state index in [0.717, 1.165) is 26.3 Å². The summed E-state index contributed by atoms with van der Waals surface area (Å²) >= 11 is 1.93. The zero-order valence-electron chi connectivity index (χ0n) is 12.3. The van der Waals surface area contributed by atoms with Crippen molar-refractivity contribution in [1.29, 1.82) is 0 Å². The predicted octanol–water partition coefficient (Wildman–Crippen LogP) is 2.08. The monoisotopic (exact) mass is 274 g/mol. The molecule has 0 aromatic heterocycles. The van der Waals surface area contributed by atoms with Crippen LogP contribution in [0.1, 0.15) is 26.2 Å². The van der Waals surface area contributed by atoms with Gasteiger partial charge in [-0.1, -0.05) is 6.92 Å². The summed E-state index contributed by atoms with van der Waals surface area (Å²) in [6.07, 6.45) is 5.80. The molecule has 0 unspecified atom stereocenters. The summed E-state index contributed by atoms with van der Waals surface area (Å²) < 4.78 is 5.54. The molecule has 0 aliphatic carbocycles. The fourth-order valence-corrected chi connectivity index (χ4v) is 3.12. The minimum absolute atomic E-state index is 0.431. The Hall–Kier alpha value is 0.230. The number of nitrogens with one attached hydrogen (secondary N) is 1. The van der Waals surface area contributed by atoms with Gasteiger partial charge in [-0.3, -0.25) is 0 Å². The first-order valence-electron chi connectivity index (χ1n) is 7.18. The van der Waals surface area contributed by atoms with Gasteiger partial charge in [0.05, 0.1) is 0 Å². The van der Waals surface area contributed by atoms with Crippen LogP contribution in [0.15, 0.2) is 0 Å². The Bertz CT molecular complexity index is 208. The lowest BCUT2D eigenvalue weighted by molar-refractivity contribution is 0.000320. The highest BCUT2D eigenvalue weighted by Gasteiger charge is 2.33. The number of thioether (sulfide) groups is 1. The van der Waals surface area contributed by atoms with Crippen LogP contribution in [0, 0.1) is 5.41 Å². The van der Waals surface area contributed by atoms with Gasteiger partial charge in [-0.2, -0.15) is 11.8 Å². The van der Waals surface area contributed by atoms with Gasteiger partial charge in [0.15, 0.2) is 0 Å². The van der Waals surface area contributed by atoms with E-state index >= 15 is 0 Å². The third-order valence-electron chi connectivity index (χ3n) is 3.76. The number of rotatable bonds is 9. The minimum atomic E-state index is 0.431. The van der Waals surface area contributed by atoms with Gasteiger partial charge in [0.1, 0.15) is 0 Å². The largest absolute Gasteiger partial charge is 0.381 e. The summed E-state index contributed by atoms with van der Waals surface area (Å²) in [5, 5.41) is 3.62. The van der Waals surface area contributed by atoms with E-state index < -0.39 is 0 Å². The van der Waals surface area contributed by atoms with Crippen molar-refractivity contribution in [1.82, 2.24) is 10.2 Å². The Morgan fingerprint density at radius 3 is 2.67 bits per heavy atom. The zero-order valence-corrected chi connectivity index (χ0v) is 13.2. The van der Waals surface area contributed by atoms with Gasteiger partial charge >= 0.3 is 0 Å². The predicted molar refractivity (Wildman–Crippen MR) is 81.5 cm³/mol. The van der Waals surface area contributed by atoms with Crippen molar-refractivity contribution in [2.45, 2.75) is 26.2 Å². The van der Waals surface area contributed by atoms with E-state index in [2.05, 4.69) is 30.4 Å². The van der Waals surface area contributed by atoms with Crippen molar-refractivity contribution in [3.8, 4) is 0 Å². The molecular formula is C14H30N2OS. The Labute approximate surface area is 117 Å². The third kappa shape index (κ3) is 5.91. The van der Waals surface area contributed by atoms with Gasteiger partial charge in [-0.25, -0.2) is 0 Å². The van der Waals surface area contributed by atoms with Crippen LogP contribution in [0.4, 0.5) is 0 Å². The van der Waals surface area contributed by atoms with E-state index in [4.69, 9.17) is 4.74 Å². The zero-order chi connectivity index (χ0) is 13.3. The second-order valence-corrected chi connectivity index (χ2v) is 6.51. The molecule has 1 fully saturated rings. The molecule has 1 saturated heterocycles. The molecule has 0 amide bonds. The van der Waals surface area contributed by atoms with E-state index in [9.17, 15) is 0 Å². The summed E-state index contributed by atoms with van der Waals surface area (Å²) in [5.74, 6) is 1.23. The maximum atomic E-state index is 5.54. The van der Waals surface area contributed by atoms with Crippen LogP contribution in [0.3, 0.4) is 0 Å². The van der Waals surface area contributed by atoms with Crippen molar-refractivity contribution in [3.05, 3.63) is 0 Å². The first-order chi connectivity index (χ1) is 8.72. The normalized spacial score (nSPS) is 19.3. The molecule has 0 saturated carbocycles. The standard InChI is InChI=1S/C14H30N2OS/c1-4-7-15-12-14(5-9-17-10-6-14)13-16(2)8-11-18-3/h15H,4-13H2,1-3H3. The molecule has 4 heteroatoms. The van der Waals surface area contributed by atoms with E-state index in [-0.39, 0.29) is 0 Å². The number of hydrogen-bond donors (Lipinski definition) is 1. The van der Waals surface area contributed by atoms with E-state index in [0.29, 0.717) is 5.41 Å². The van der Waals surface area contributed by atoms with Crippen LogP contribution < -0.4 is 5.32 Å². The Morgan fingerprint density at radius 2 is 2.06 bits per heavy atom.